The summed E-state index contributed by atoms with van der Waals surface area (Å²) in [6.45, 7) is 6.05. The molecule has 1 N–H and O–H groups in total. The van der Waals surface area contributed by atoms with Crippen LogP contribution in [-0.2, 0) is 7.05 Å². The zero-order valence-corrected chi connectivity index (χ0v) is 9.77. The highest BCUT2D eigenvalue weighted by molar-refractivity contribution is 7.71. The maximum absolute atomic E-state index is 5.02. The molecule has 0 aliphatic rings. The van der Waals surface area contributed by atoms with Crippen LogP contribution in [0.1, 0.15) is 19.4 Å². The molecule has 0 atom stereocenters. The number of fused-ring (bicyclic) bond motifs is 1. The number of hydrogen-bond donors (Lipinski definition) is 1. The average Bonchev–Trinajstić information content (AvgIpc) is 2.53. The van der Waals surface area contributed by atoms with E-state index in [2.05, 4.69) is 9.97 Å². The highest BCUT2D eigenvalue weighted by atomic mass is 32.1. The average molecular weight is 209 g/mol. The minimum atomic E-state index is 0.601. The molecule has 2 aromatic heterocycles. The van der Waals surface area contributed by atoms with Gasteiger partial charge in [0.25, 0.3) is 0 Å². The molecule has 0 saturated heterocycles. The Morgan fingerprint density at radius 2 is 2.07 bits per heavy atom. The minimum absolute atomic E-state index is 0.601. The van der Waals surface area contributed by atoms with Crippen molar-refractivity contribution in [2.45, 2.75) is 20.8 Å². The number of aromatic amines is 1. The molecule has 0 radical (unpaired) electrons. The lowest BCUT2D eigenvalue weighted by molar-refractivity contribution is 0.858. The van der Waals surface area contributed by atoms with E-state index in [4.69, 9.17) is 12.2 Å². The van der Waals surface area contributed by atoms with E-state index in [9.17, 15) is 0 Å². The third kappa shape index (κ3) is 1.85. The Morgan fingerprint density at radius 1 is 1.43 bits per heavy atom. The molecule has 14 heavy (non-hydrogen) atoms. The van der Waals surface area contributed by atoms with Gasteiger partial charge in [-0.3, -0.25) is 0 Å². The molecule has 0 fully saturated rings. The molecule has 2 aromatic rings. The lowest BCUT2D eigenvalue weighted by atomic mass is 10.3. The van der Waals surface area contributed by atoms with Crippen molar-refractivity contribution in [3.05, 3.63) is 22.7 Å². The number of nitrogens with one attached hydrogen (secondary N) is 1. The maximum Gasteiger partial charge on any atom is 0.201 e. The van der Waals surface area contributed by atoms with Crippen LogP contribution in [0.25, 0.3) is 11.0 Å². The van der Waals surface area contributed by atoms with Gasteiger partial charge < -0.3 is 9.55 Å². The van der Waals surface area contributed by atoms with Crippen LogP contribution < -0.4 is 0 Å². The van der Waals surface area contributed by atoms with Crippen molar-refractivity contribution >= 4 is 23.3 Å². The number of aryl methyl sites for hydroxylation is 2. The fourth-order valence-corrected chi connectivity index (χ4v) is 1.34. The van der Waals surface area contributed by atoms with Gasteiger partial charge in [-0.1, -0.05) is 13.8 Å². The van der Waals surface area contributed by atoms with E-state index < -0.39 is 0 Å². The summed E-state index contributed by atoms with van der Waals surface area (Å²) in [5.74, 6) is 0. The second-order valence-electron chi connectivity index (χ2n) is 2.87. The van der Waals surface area contributed by atoms with Crippen molar-refractivity contribution in [1.82, 2.24) is 14.5 Å². The van der Waals surface area contributed by atoms with Crippen LogP contribution in [0.5, 0.6) is 0 Å². The summed E-state index contributed by atoms with van der Waals surface area (Å²) in [5, 5.41) is 1.13. The Hall–Kier alpha value is -1.16. The zero-order valence-electron chi connectivity index (χ0n) is 8.96. The molecule has 2 heterocycles. The van der Waals surface area contributed by atoms with Crippen LogP contribution in [0.15, 0.2) is 12.4 Å². The summed E-state index contributed by atoms with van der Waals surface area (Å²) < 4.78 is 2.45. The van der Waals surface area contributed by atoms with E-state index in [1.54, 1.807) is 0 Å². The second-order valence-corrected chi connectivity index (χ2v) is 3.23. The number of H-pyrrole nitrogens is 1. The molecule has 0 unspecified atom stereocenters. The van der Waals surface area contributed by atoms with E-state index in [-0.39, 0.29) is 0 Å². The van der Waals surface area contributed by atoms with Gasteiger partial charge in [-0.25, -0.2) is 4.98 Å². The predicted octanol–water partition coefficient (Wildman–Crippen LogP) is 2.97. The SMILES string of the molecule is CC.Cc1c[nH]c2nc(=S)n(C)cc12. The van der Waals surface area contributed by atoms with E-state index in [1.807, 2.05) is 44.8 Å². The molecule has 4 heteroatoms. The molecular weight excluding hydrogens is 194 g/mol. The molecule has 0 amide bonds. The van der Waals surface area contributed by atoms with Crippen LogP contribution in [0.4, 0.5) is 0 Å². The minimum Gasteiger partial charge on any atom is -0.346 e. The van der Waals surface area contributed by atoms with Crippen LogP contribution in [-0.4, -0.2) is 14.5 Å². The van der Waals surface area contributed by atoms with Crippen molar-refractivity contribution in [2.24, 2.45) is 7.05 Å². The third-order valence-electron chi connectivity index (χ3n) is 1.94. The quantitative estimate of drug-likeness (QED) is 0.677. The fourth-order valence-electron chi connectivity index (χ4n) is 1.20. The van der Waals surface area contributed by atoms with Crippen molar-refractivity contribution in [1.29, 1.82) is 0 Å². The summed E-state index contributed by atoms with van der Waals surface area (Å²) in [6, 6.07) is 0. The first kappa shape index (κ1) is 10.9. The number of aromatic nitrogens is 3. The maximum atomic E-state index is 5.02. The summed E-state index contributed by atoms with van der Waals surface area (Å²) in [5.41, 5.74) is 2.07. The fraction of sp³-hybridized carbons (Fsp3) is 0.400. The first-order valence-corrected chi connectivity index (χ1v) is 5.10. The van der Waals surface area contributed by atoms with Crippen LogP contribution in [0.2, 0.25) is 0 Å². The van der Waals surface area contributed by atoms with E-state index in [1.165, 1.54) is 5.56 Å². The largest absolute Gasteiger partial charge is 0.346 e. The van der Waals surface area contributed by atoms with Gasteiger partial charge in [-0.2, -0.15) is 0 Å². The topological polar surface area (TPSA) is 33.6 Å². The lowest BCUT2D eigenvalue weighted by Crippen LogP contribution is -1.94. The van der Waals surface area contributed by atoms with E-state index in [0.717, 1.165) is 11.0 Å². The molecule has 0 aliphatic heterocycles. The molecule has 76 valence electrons. The van der Waals surface area contributed by atoms with Gasteiger partial charge in [0.05, 0.1) is 0 Å². The first-order chi connectivity index (χ1) is 6.68. The van der Waals surface area contributed by atoms with E-state index >= 15 is 0 Å². The van der Waals surface area contributed by atoms with Gasteiger partial charge in [0.2, 0.25) is 4.77 Å². The van der Waals surface area contributed by atoms with E-state index in [0.29, 0.717) is 4.77 Å². The Kier molecular flexibility index (Phi) is 3.41. The summed E-state index contributed by atoms with van der Waals surface area (Å²) in [7, 11) is 1.90. The Morgan fingerprint density at radius 3 is 2.71 bits per heavy atom. The molecular formula is C10H15N3S. The Bertz CT molecular complexity index is 482. The highest BCUT2D eigenvalue weighted by Crippen LogP contribution is 2.13. The van der Waals surface area contributed by atoms with Crippen molar-refractivity contribution in [3.8, 4) is 0 Å². The van der Waals surface area contributed by atoms with Gasteiger partial charge >= 0.3 is 0 Å². The van der Waals surface area contributed by atoms with Crippen LogP contribution in [0, 0.1) is 11.7 Å². The second kappa shape index (κ2) is 4.37. The lowest BCUT2D eigenvalue weighted by Gasteiger charge is -1.97. The van der Waals surface area contributed by atoms with Gasteiger partial charge in [0.1, 0.15) is 5.65 Å². The number of hydrogen-bond acceptors (Lipinski definition) is 2. The normalized spacial score (nSPS) is 9.71. The van der Waals surface area contributed by atoms with Gasteiger partial charge in [0, 0.05) is 24.8 Å². The molecule has 2 rings (SSSR count). The summed E-state index contributed by atoms with van der Waals surface area (Å²) in [6.07, 6.45) is 3.93. The van der Waals surface area contributed by atoms with Crippen LogP contribution >= 0.6 is 12.2 Å². The monoisotopic (exact) mass is 209 g/mol. The van der Waals surface area contributed by atoms with Gasteiger partial charge in [0.15, 0.2) is 0 Å². The first-order valence-electron chi connectivity index (χ1n) is 4.70. The summed E-state index contributed by atoms with van der Waals surface area (Å²) >= 11 is 5.02. The smallest absolute Gasteiger partial charge is 0.201 e. The number of nitrogens with zero attached hydrogens (tertiary/aromatic N) is 2. The third-order valence-corrected chi connectivity index (χ3v) is 2.32. The molecule has 3 nitrogen and oxygen atoms in total. The molecule has 0 saturated carbocycles. The zero-order chi connectivity index (χ0) is 10.7. The molecule has 0 aliphatic carbocycles. The van der Waals surface area contributed by atoms with Crippen molar-refractivity contribution in [2.75, 3.05) is 0 Å². The molecule has 0 aromatic carbocycles. The van der Waals surface area contributed by atoms with Crippen molar-refractivity contribution < 1.29 is 0 Å². The predicted molar refractivity (Wildman–Crippen MR) is 62.0 cm³/mol. The number of rotatable bonds is 0. The van der Waals surface area contributed by atoms with Gasteiger partial charge in [-0.05, 0) is 24.7 Å². The Labute approximate surface area is 88.8 Å². The highest BCUT2D eigenvalue weighted by Gasteiger charge is 2.00. The van der Waals surface area contributed by atoms with Gasteiger partial charge in [-0.15, -0.1) is 0 Å². The molecule has 0 bridgehead atoms. The summed E-state index contributed by atoms with van der Waals surface area (Å²) in [4.78, 5) is 7.28. The van der Waals surface area contributed by atoms with Crippen molar-refractivity contribution in [3.63, 3.8) is 0 Å². The Balaban J connectivity index is 0.000000461. The standard InChI is InChI=1S/C8H9N3S.C2H6/c1-5-3-9-7-6(5)4-11(2)8(12)10-7;1-2/h3-4H,1-2H3,(H,9,10,12);1-2H3. The molecule has 0 spiro atoms. The van der Waals surface area contributed by atoms with Crippen LogP contribution in [0.3, 0.4) is 0 Å².